The zero-order chi connectivity index (χ0) is 9.26. The SMILES string of the molecule is CC1CNC(C2CCC2)C(C)SC1. The molecular weight excluding hydrogens is 178 g/mol. The summed E-state index contributed by atoms with van der Waals surface area (Å²) in [6, 6.07) is 0.809. The van der Waals surface area contributed by atoms with E-state index in [0.717, 1.165) is 23.1 Å². The maximum absolute atomic E-state index is 3.76. The average Bonchev–Trinajstić information content (AvgIpc) is 2.16. The summed E-state index contributed by atoms with van der Waals surface area (Å²) in [5.74, 6) is 3.20. The van der Waals surface area contributed by atoms with E-state index in [1.54, 1.807) is 0 Å². The second-order valence-electron chi connectivity index (χ2n) is 4.77. The Kier molecular flexibility index (Phi) is 3.20. The van der Waals surface area contributed by atoms with Crippen molar-refractivity contribution in [1.29, 1.82) is 0 Å². The lowest BCUT2D eigenvalue weighted by atomic mass is 9.78. The van der Waals surface area contributed by atoms with Gasteiger partial charge in [-0.3, -0.25) is 0 Å². The minimum Gasteiger partial charge on any atom is -0.312 e. The molecule has 0 bridgehead atoms. The first-order valence-electron chi connectivity index (χ1n) is 5.62. The van der Waals surface area contributed by atoms with Crippen molar-refractivity contribution in [2.24, 2.45) is 11.8 Å². The van der Waals surface area contributed by atoms with Gasteiger partial charge in [-0.2, -0.15) is 11.8 Å². The number of nitrogens with one attached hydrogen (secondary N) is 1. The van der Waals surface area contributed by atoms with Crippen molar-refractivity contribution in [2.75, 3.05) is 12.3 Å². The Labute approximate surface area is 86.0 Å². The van der Waals surface area contributed by atoms with Crippen molar-refractivity contribution >= 4 is 11.8 Å². The Balaban J connectivity index is 1.91. The minimum absolute atomic E-state index is 0.809. The molecule has 2 rings (SSSR count). The van der Waals surface area contributed by atoms with Crippen LogP contribution in [0.4, 0.5) is 0 Å². The van der Waals surface area contributed by atoms with E-state index in [0.29, 0.717) is 0 Å². The van der Waals surface area contributed by atoms with E-state index >= 15 is 0 Å². The van der Waals surface area contributed by atoms with Gasteiger partial charge >= 0.3 is 0 Å². The van der Waals surface area contributed by atoms with Gasteiger partial charge in [-0.1, -0.05) is 20.3 Å². The smallest absolute Gasteiger partial charge is 0.0212 e. The van der Waals surface area contributed by atoms with Crippen LogP contribution in [-0.4, -0.2) is 23.6 Å². The third-order valence-corrected chi connectivity index (χ3v) is 5.09. The summed E-state index contributed by atoms with van der Waals surface area (Å²) in [4.78, 5) is 0. The lowest BCUT2D eigenvalue weighted by Crippen LogP contribution is -2.45. The molecule has 0 amide bonds. The molecule has 0 spiro atoms. The van der Waals surface area contributed by atoms with E-state index in [1.165, 1.54) is 31.6 Å². The Hall–Kier alpha value is 0.310. The normalized spacial score (nSPS) is 42.5. The van der Waals surface area contributed by atoms with E-state index in [2.05, 4.69) is 30.9 Å². The summed E-state index contributed by atoms with van der Waals surface area (Å²) in [7, 11) is 0. The van der Waals surface area contributed by atoms with Crippen LogP contribution in [0.25, 0.3) is 0 Å². The topological polar surface area (TPSA) is 12.0 Å². The summed E-state index contributed by atoms with van der Waals surface area (Å²) in [5.41, 5.74) is 0. The van der Waals surface area contributed by atoms with Crippen molar-refractivity contribution < 1.29 is 0 Å². The molecule has 1 nitrogen and oxygen atoms in total. The molecule has 0 aromatic heterocycles. The molecule has 0 aromatic carbocycles. The highest BCUT2D eigenvalue weighted by molar-refractivity contribution is 7.99. The van der Waals surface area contributed by atoms with Crippen molar-refractivity contribution in [1.82, 2.24) is 5.32 Å². The molecule has 76 valence electrons. The predicted octanol–water partition coefficient (Wildman–Crippen LogP) is 2.52. The Morgan fingerprint density at radius 1 is 1.23 bits per heavy atom. The molecular formula is C11H21NS. The van der Waals surface area contributed by atoms with Gasteiger partial charge in [0, 0.05) is 11.3 Å². The number of rotatable bonds is 1. The minimum atomic E-state index is 0.809. The Morgan fingerprint density at radius 3 is 2.62 bits per heavy atom. The van der Waals surface area contributed by atoms with Gasteiger partial charge in [0.15, 0.2) is 0 Å². The second-order valence-corrected chi connectivity index (χ2v) is 6.18. The van der Waals surface area contributed by atoms with Crippen molar-refractivity contribution in [2.45, 2.75) is 44.4 Å². The number of hydrogen-bond donors (Lipinski definition) is 1. The molecule has 1 saturated carbocycles. The first kappa shape index (κ1) is 9.85. The molecule has 2 fully saturated rings. The van der Waals surface area contributed by atoms with Gasteiger partial charge in [0.05, 0.1) is 0 Å². The molecule has 0 aromatic rings. The Bertz CT molecular complexity index is 167. The highest BCUT2D eigenvalue weighted by Gasteiger charge is 2.32. The first-order valence-corrected chi connectivity index (χ1v) is 6.67. The van der Waals surface area contributed by atoms with Crippen LogP contribution in [0, 0.1) is 11.8 Å². The van der Waals surface area contributed by atoms with Crippen molar-refractivity contribution in [3.05, 3.63) is 0 Å². The molecule has 3 atom stereocenters. The monoisotopic (exact) mass is 199 g/mol. The first-order chi connectivity index (χ1) is 6.27. The van der Waals surface area contributed by atoms with Gasteiger partial charge in [-0.15, -0.1) is 0 Å². The quantitative estimate of drug-likeness (QED) is 0.696. The molecule has 3 unspecified atom stereocenters. The van der Waals surface area contributed by atoms with Crippen LogP contribution in [0.2, 0.25) is 0 Å². The highest BCUT2D eigenvalue weighted by atomic mass is 32.2. The van der Waals surface area contributed by atoms with Gasteiger partial charge in [-0.25, -0.2) is 0 Å². The molecule has 1 aliphatic heterocycles. The van der Waals surface area contributed by atoms with Crippen molar-refractivity contribution in [3.63, 3.8) is 0 Å². The fourth-order valence-corrected chi connectivity index (χ4v) is 3.61. The lowest BCUT2D eigenvalue weighted by Gasteiger charge is -2.36. The van der Waals surface area contributed by atoms with Gasteiger partial charge < -0.3 is 5.32 Å². The standard InChI is InChI=1S/C11H21NS/c1-8-6-12-11(9(2)13-7-8)10-4-3-5-10/h8-12H,3-7H2,1-2H3. The zero-order valence-corrected chi connectivity index (χ0v) is 9.57. The molecule has 13 heavy (non-hydrogen) atoms. The predicted molar refractivity (Wildman–Crippen MR) is 60.2 cm³/mol. The molecule has 1 saturated heterocycles. The summed E-state index contributed by atoms with van der Waals surface area (Å²) < 4.78 is 0. The van der Waals surface area contributed by atoms with E-state index in [-0.39, 0.29) is 0 Å². The summed E-state index contributed by atoms with van der Waals surface area (Å²) in [6.45, 7) is 5.99. The maximum atomic E-state index is 3.76. The highest BCUT2D eigenvalue weighted by Crippen LogP contribution is 2.35. The van der Waals surface area contributed by atoms with Gasteiger partial charge in [0.1, 0.15) is 0 Å². The van der Waals surface area contributed by atoms with Crippen LogP contribution in [-0.2, 0) is 0 Å². The van der Waals surface area contributed by atoms with Crippen LogP contribution < -0.4 is 5.32 Å². The zero-order valence-electron chi connectivity index (χ0n) is 8.75. The maximum Gasteiger partial charge on any atom is 0.0212 e. The van der Waals surface area contributed by atoms with Gasteiger partial charge in [0.2, 0.25) is 0 Å². The Morgan fingerprint density at radius 2 is 2.00 bits per heavy atom. The van der Waals surface area contributed by atoms with Crippen LogP contribution in [0.15, 0.2) is 0 Å². The summed E-state index contributed by atoms with van der Waals surface area (Å²) >= 11 is 2.17. The van der Waals surface area contributed by atoms with E-state index in [4.69, 9.17) is 0 Å². The summed E-state index contributed by atoms with van der Waals surface area (Å²) in [5, 5.41) is 4.59. The van der Waals surface area contributed by atoms with Gasteiger partial charge in [-0.05, 0) is 37.0 Å². The van der Waals surface area contributed by atoms with Crippen molar-refractivity contribution in [3.8, 4) is 0 Å². The van der Waals surface area contributed by atoms with E-state index in [9.17, 15) is 0 Å². The number of thioether (sulfide) groups is 1. The third kappa shape index (κ3) is 2.21. The lowest BCUT2D eigenvalue weighted by molar-refractivity contribution is 0.226. The number of hydrogen-bond acceptors (Lipinski definition) is 2. The second kappa shape index (κ2) is 4.22. The van der Waals surface area contributed by atoms with Crippen LogP contribution >= 0.6 is 11.8 Å². The summed E-state index contributed by atoms with van der Waals surface area (Å²) in [6.07, 6.45) is 4.41. The molecule has 1 aliphatic carbocycles. The average molecular weight is 199 g/mol. The molecule has 1 heterocycles. The molecule has 2 aliphatic rings. The van der Waals surface area contributed by atoms with Crippen LogP contribution in [0.1, 0.15) is 33.1 Å². The van der Waals surface area contributed by atoms with E-state index in [1.807, 2.05) is 0 Å². The fourth-order valence-electron chi connectivity index (χ4n) is 2.33. The van der Waals surface area contributed by atoms with Crippen LogP contribution in [0.5, 0.6) is 0 Å². The van der Waals surface area contributed by atoms with Crippen LogP contribution in [0.3, 0.4) is 0 Å². The van der Waals surface area contributed by atoms with Gasteiger partial charge in [0.25, 0.3) is 0 Å². The molecule has 0 radical (unpaired) electrons. The molecule has 1 N–H and O–H groups in total. The molecule has 2 heteroatoms. The third-order valence-electron chi connectivity index (χ3n) is 3.51. The van der Waals surface area contributed by atoms with E-state index < -0.39 is 0 Å². The largest absolute Gasteiger partial charge is 0.312 e. The fraction of sp³-hybridized carbons (Fsp3) is 1.00.